The first-order chi connectivity index (χ1) is 7.07. The minimum absolute atomic E-state index is 0.612. The molecule has 1 aliphatic rings. The van der Waals surface area contributed by atoms with Gasteiger partial charge in [-0.05, 0) is 55.7 Å². The standard InChI is InChI=1S/C12H15ClOS/c1-8-10(12(14)4-3-5-12)6-9(13)7-11(8)15-2/h6-7,14H,3-5H2,1-2H3. The molecule has 1 fully saturated rings. The first-order valence-electron chi connectivity index (χ1n) is 5.14. The number of hydrogen-bond donors (Lipinski definition) is 1. The van der Waals surface area contributed by atoms with Gasteiger partial charge in [0.15, 0.2) is 0 Å². The van der Waals surface area contributed by atoms with Gasteiger partial charge in [0.25, 0.3) is 0 Å². The van der Waals surface area contributed by atoms with Crippen molar-refractivity contribution in [2.24, 2.45) is 0 Å². The van der Waals surface area contributed by atoms with Crippen LogP contribution >= 0.6 is 23.4 Å². The molecule has 0 unspecified atom stereocenters. The van der Waals surface area contributed by atoms with Gasteiger partial charge in [0, 0.05) is 9.92 Å². The average molecular weight is 243 g/mol. The Kier molecular flexibility index (Phi) is 3.02. The van der Waals surface area contributed by atoms with Crippen LogP contribution in [-0.2, 0) is 5.60 Å². The van der Waals surface area contributed by atoms with Gasteiger partial charge in [-0.1, -0.05) is 11.6 Å². The molecule has 1 aromatic carbocycles. The largest absolute Gasteiger partial charge is 0.385 e. The predicted molar refractivity (Wildman–Crippen MR) is 65.7 cm³/mol. The Morgan fingerprint density at radius 3 is 2.53 bits per heavy atom. The monoisotopic (exact) mass is 242 g/mol. The lowest BCUT2D eigenvalue weighted by molar-refractivity contribution is -0.0394. The average Bonchev–Trinajstić information content (AvgIpc) is 2.17. The number of halogens is 1. The lowest BCUT2D eigenvalue weighted by Crippen LogP contribution is -2.34. The van der Waals surface area contributed by atoms with Crippen LogP contribution in [0.4, 0.5) is 0 Å². The summed E-state index contributed by atoms with van der Waals surface area (Å²) in [5, 5.41) is 11.1. The summed E-state index contributed by atoms with van der Waals surface area (Å²) in [5.41, 5.74) is 1.58. The van der Waals surface area contributed by atoms with Crippen molar-refractivity contribution >= 4 is 23.4 Å². The summed E-state index contributed by atoms with van der Waals surface area (Å²) in [6, 6.07) is 3.88. The van der Waals surface area contributed by atoms with E-state index in [1.54, 1.807) is 11.8 Å². The Balaban J connectivity index is 2.50. The molecule has 2 rings (SSSR count). The molecule has 15 heavy (non-hydrogen) atoms. The summed E-state index contributed by atoms with van der Waals surface area (Å²) < 4.78 is 0. The maximum absolute atomic E-state index is 10.3. The second kappa shape index (κ2) is 4.00. The third-order valence-electron chi connectivity index (χ3n) is 3.23. The predicted octanol–water partition coefficient (Wildman–Crippen LogP) is 3.74. The zero-order valence-corrected chi connectivity index (χ0v) is 10.6. The summed E-state index contributed by atoms with van der Waals surface area (Å²) >= 11 is 7.74. The molecule has 1 N–H and O–H groups in total. The van der Waals surface area contributed by atoms with E-state index in [0.29, 0.717) is 0 Å². The van der Waals surface area contributed by atoms with Crippen molar-refractivity contribution in [1.29, 1.82) is 0 Å². The number of hydrogen-bond acceptors (Lipinski definition) is 2. The summed E-state index contributed by atoms with van der Waals surface area (Å²) in [6.45, 7) is 2.06. The van der Waals surface area contributed by atoms with Crippen LogP contribution in [0.1, 0.15) is 30.4 Å². The lowest BCUT2D eigenvalue weighted by atomic mass is 9.74. The number of aliphatic hydroxyl groups is 1. The van der Waals surface area contributed by atoms with E-state index >= 15 is 0 Å². The molecule has 1 aromatic rings. The molecule has 0 aromatic heterocycles. The van der Waals surface area contributed by atoms with Gasteiger partial charge in [-0.2, -0.15) is 0 Å². The van der Waals surface area contributed by atoms with Crippen LogP contribution in [0.15, 0.2) is 17.0 Å². The molecule has 0 amide bonds. The molecule has 0 aliphatic heterocycles. The molecule has 0 heterocycles. The Morgan fingerprint density at radius 1 is 1.40 bits per heavy atom. The van der Waals surface area contributed by atoms with Gasteiger partial charge in [-0.25, -0.2) is 0 Å². The van der Waals surface area contributed by atoms with Crippen LogP contribution in [0.25, 0.3) is 0 Å². The smallest absolute Gasteiger partial charge is 0.0900 e. The van der Waals surface area contributed by atoms with Crippen LogP contribution in [0.2, 0.25) is 5.02 Å². The highest BCUT2D eigenvalue weighted by Gasteiger charge is 2.37. The summed E-state index contributed by atoms with van der Waals surface area (Å²) in [7, 11) is 0. The fourth-order valence-electron chi connectivity index (χ4n) is 2.13. The highest BCUT2D eigenvalue weighted by Crippen LogP contribution is 2.44. The maximum Gasteiger partial charge on any atom is 0.0900 e. The Morgan fingerprint density at radius 2 is 2.07 bits per heavy atom. The molecule has 1 nitrogen and oxygen atoms in total. The molecular formula is C12H15ClOS. The van der Waals surface area contributed by atoms with E-state index in [1.807, 2.05) is 18.4 Å². The minimum Gasteiger partial charge on any atom is -0.385 e. The van der Waals surface area contributed by atoms with Crippen LogP contribution in [0.3, 0.4) is 0 Å². The fourth-order valence-corrected chi connectivity index (χ4v) is 3.07. The second-order valence-electron chi connectivity index (χ2n) is 4.17. The Labute approximate surface area is 99.8 Å². The number of thioether (sulfide) groups is 1. The van der Waals surface area contributed by atoms with Crippen molar-refractivity contribution in [3.8, 4) is 0 Å². The van der Waals surface area contributed by atoms with Crippen LogP contribution in [0, 0.1) is 6.92 Å². The van der Waals surface area contributed by atoms with Crippen molar-refractivity contribution in [1.82, 2.24) is 0 Å². The summed E-state index contributed by atoms with van der Waals surface area (Å²) in [6.07, 6.45) is 4.87. The van der Waals surface area contributed by atoms with Crippen molar-refractivity contribution in [2.45, 2.75) is 36.7 Å². The Bertz CT molecular complexity index is 385. The topological polar surface area (TPSA) is 20.2 Å². The van der Waals surface area contributed by atoms with Crippen LogP contribution in [0.5, 0.6) is 0 Å². The van der Waals surface area contributed by atoms with Crippen molar-refractivity contribution in [2.75, 3.05) is 6.26 Å². The van der Waals surface area contributed by atoms with E-state index in [-0.39, 0.29) is 0 Å². The van der Waals surface area contributed by atoms with E-state index in [4.69, 9.17) is 11.6 Å². The third kappa shape index (κ3) is 1.91. The van der Waals surface area contributed by atoms with E-state index in [2.05, 4.69) is 6.92 Å². The van der Waals surface area contributed by atoms with Crippen LogP contribution in [-0.4, -0.2) is 11.4 Å². The molecular weight excluding hydrogens is 228 g/mol. The first-order valence-corrected chi connectivity index (χ1v) is 6.74. The van der Waals surface area contributed by atoms with Crippen molar-refractivity contribution in [3.05, 3.63) is 28.3 Å². The van der Waals surface area contributed by atoms with Crippen molar-refractivity contribution in [3.63, 3.8) is 0 Å². The second-order valence-corrected chi connectivity index (χ2v) is 5.45. The molecule has 0 bridgehead atoms. The first kappa shape index (κ1) is 11.3. The van der Waals surface area contributed by atoms with E-state index < -0.39 is 5.60 Å². The quantitative estimate of drug-likeness (QED) is 0.798. The minimum atomic E-state index is -0.612. The van der Waals surface area contributed by atoms with Gasteiger partial charge in [-0.3, -0.25) is 0 Å². The van der Waals surface area contributed by atoms with E-state index in [9.17, 15) is 5.11 Å². The van der Waals surface area contributed by atoms with Gasteiger partial charge in [0.2, 0.25) is 0 Å². The molecule has 0 radical (unpaired) electrons. The van der Waals surface area contributed by atoms with Gasteiger partial charge in [0.05, 0.1) is 5.60 Å². The zero-order chi connectivity index (χ0) is 11.1. The van der Waals surface area contributed by atoms with E-state index in [1.165, 1.54) is 5.56 Å². The summed E-state index contributed by atoms with van der Waals surface area (Å²) in [5.74, 6) is 0. The van der Waals surface area contributed by atoms with Gasteiger partial charge in [0.1, 0.15) is 0 Å². The molecule has 1 aliphatic carbocycles. The van der Waals surface area contributed by atoms with Crippen LogP contribution < -0.4 is 0 Å². The Hall–Kier alpha value is -0.180. The molecule has 3 heteroatoms. The van der Waals surface area contributed by atoms with E-state index in [0.717, 1.165) is 34.7 Å². The molecule has 82 valence electrons. The summed E-state index contributed by atoms with van der Waals surface area (Å²) in [4.78, 5) is 1.16. The number of benzene rings is 1. The highest BCUT2D eigenvalue weighted by molar-refractivity contribution is 7.98. The van der Waals surface area contributed by atoms with Gasteiger partial charge in [-0.15, -0.1) is 11.8 Å². The third-order valence-corrected chi connectivity index (χ3v) is 4.31. The maximum atomic E-state index is 10.3. The normalized spacial score (nSPS) is 18.7. The number of rotatable bonds is 2. The molecule has 1 saturated carbocycles. The fraction of sp³-hybridized carbons (Fsp3) is 0.500. The lowest BCUT2D eigenvalue weighted by Gasteiger charge is -2.38. The molecule has 0 spiro atoms. The SMILES string of the molecule is CSc1cc(Cl)cc(C2(O)CCC2)c1C. The molecule has 0 atom stereocenters. The highest BCUT2D eigenvalue weighted by atomic mass is 35.5. The van der Waals surface area contributed by atoms with Gasteiger partial charge < -0.3 is 5.11 Å². The van der Waals surface area contributed by atoms with Gasteiger partial charge >= 0.3 is 0 Å². The zero-order valence-electron chi connectivity index (χ0n) is 9.01. The van der Waals surface area contributed by atoms with Crippen molar-refractivity contribution < 1.29 is 5.11 Å². The molecule has 0 saturated heterocycles.